The van der Waals surface area contributed by atoms with Crippen molar-refractivity contribution in [2.45, 2.75) is 32.6 Å². The van der Waals surface area contributed by atoms with Crippen LogP contribution in [0.3, 0.4) is 0 Å². The molecule has 2 N–H and O–H groups in total. The summed E-state index contributed by atoms with van der Waals surface area (Å²) in [4.78, 5) is 9.60. The van der Waals surface area contributed by atoms with Gasteiger partial charge in [-0.15, -0.1) is 0 Å². The minimum absolute atomic E-state index is 0.167. The van der Waals surface area contributed by atoms with E-state index >= 15 is 0 Å². The summed E-state index contributed by atoms with van der Waals surface area (Å²) in [6, 6.07) is 8.72. The third-order valence-corrected chi connectivity index (χ3v) is 4.18. The Bertz CT molecular complexity index is 784. The quantitative estimate of drug-likeness (QED) is 0.788. The molecule has 0 aliphatic carbocycles. The zero-order chi connectivity index (χ0) is 18.7. The maximum Gasteiger partial charge on any atom is 0.433 e. The highest BCUT2D eigenvalue weighted by atomic mass is 32.1. The molecule has 0 amide bonds. The predicted octanol–water partition coefficient (Wildman–Crippen LogP) is 3.71. The molecule has 9 heteroatoms. The third-order valence-electron chi connectivity index (χ3n) is 3.93. The number of hydrogen-bond acceptors (Lipinski definition) is 4. The van der Waals surface area contributed by atoms with Crippen LogP contribution in [-0.4, -0.2) is 21.6 Å². The minimum Gasteiger partial charge on any atom is -0.362 e. The molecular formula is C17H18F3N5S. The Morgan fingerprint density at radius 2 is 1.85 bits per heavy atom. The van der Waals surface area contributed by atoms with Crippen LogP contribution in [0.15, 0.2) is 30.3 Å². The number of anilines is 2. The number of aromatic nitrogens is 2. The maximum absolute atomic E-state index is 13.3. The van der Waals surface area contributed by atoms with Gasteiger partial charge in [0, 0.05) is 25.7 Å². The van der Waals surface area contributed by atoms with Gasteiger partial charge in [-0.05, 0) is 29.8 Å². The molecule has 0 atom stereocenters. The van der Waals surface area contributed by atoms with E-state index in [0.717, 1.165) is 23.6 Å². The van der Waals surface area contributed by atoms with Crippen LogP contribution < -0.4 is 15.5 Å². The molecule has 0 unspecified atom stereocenters. The number of fused-ring (bicyclic) bond motifs is 1. The van der Waals surface area contributed by atoms with Crippen LogP contribution in [0.25, 0.3) is 0 Å². The summed E-state index contributed by atoms with van der Waals surface area (Å²) in [5.74, 6) is 0.0451. The molecule has 2 heterocycles. The van der Waals surface area contributed by atoms with E-state index in [-0.39, 0.29) is 16.9 Å². The monoisotopic (exact) mass is 381 g/mol. The normalized spacial score (nSPS) is 13.5. The lowest BCUT2D eigenvalue weighted by atomic mass is 10.1. The van der Waals surface area contributed by atoms with E-state index in [1.165, 1.54) is 0 Å². The molecule has 0 saturated heterocycles. The molecule has 0 saturated carbocycles. The average molecular weight is 381 g/mol. The standard InChI is InChI=1S/C17H18F3N5S/c1-2-7-21-16(26)24-15-22-13(17(18,19)20)8-14(23-15)25-9-11-5-3-4-6-12(11)10-25/h3-6,8H,2,7,9-10H2,1H3,(H2,21,22,23,24,26). The van der Waals surface area contributed by atoms with Gasteiger partial charge >= 0.3 is 6.18 Å². The van der Waals surface area contributed by atoms with E-state index in [1.807, 2.05) is 31.2 Å². The van der Waals surface area contributed by atoms with Crippen LogP contribution in [0, 0.1) is 0 Å². The summed E-state index contributed by atoms with van der Waals surface area (Å²) in [7, 11) is 0. The Morgan fingerprint density at radius 3 is 2.42 bits per heavy atom. The van der Waals surface area contributed by atoms with Crippen molar-refractivity contribution in [3.05, 3.63) is 47.2 Å². The summed E-state index contributed by atoms with van der Waals surface area (Å²) in [5, 5.41) is 5.73. The first-order valence-corrected chi connectivity index (χ1v) is 8.60. The van der Waals surface area contributed by atoms with Crippen LogP contribution in [0.2, 0.25) is 0 Å². The van der Waals surface area contributed by atoms with Gasteiger partial charge in [-0.2, -0.15) is 18.2 Å². The van der Waals surface area contributed by atoms with Crippen molar-refractivity contribution in [2.24, 2.45) is 0 Å². The van der Waals surface area contributed by atoms with Crippen molar-refractivity contribution in [3.8, 4) is 0 Å². The number of benzene rings is 1. The van der Waals surface area contributed by atoms with E-state index in [0.29, 0.717) is 19.6 Å². The zero-order valence-electron chi connectivity index (χ0n) is 14.1. The Labute approximate surface area is 154 Å². The van der Waals surface area contributed by atoms with Gasteiger partial charge in [0.2, 0.25) is 5.95 Å². The van der Waals surface area contributed by atoms with Gasteiger partial charge in [0.05, 0.1) is 0 Å². The van der Waals surface area contributed by atoms with Crippen LogP contribution >= 0.6 is 12.2 Å². The Balaban J connectivity index is 1.88. The lowest BCUT2D eigenvalue weighted by Gasteiger charge is -2.19. The van der Waals surface area contributed by atoms with Gasteiger partial charge in [0.15, 0.2) is 10.8 Å². The maximum atomic E-state index is 13.3. The summed E-state index contributed by atoms with van der Waals surface area (Å²) in [6.45, 7) is 3.57. The Morgan fingerprint density at radius 1 is 1.19 bits per heavy atom. The second kappa shape index (κ2) is 7.45. The van der Waals surface area contributed by atoms with E-state index in [9.17, 15) is 13.2 Å². The predicted molar refractivity (Wildman–Crippen MR) is 97.9 cm³/mol. The number of alkyl halides is 3. The lowest BCUT2D eigenvalue weighted by Crippen LogP contribution is -2.30. The van der Waals surface area contributed by atoms with Crippen molar-refractivity contribution >= 4 is 29.1 Å². The average Bonchev–Trinajstić information content (AvgIpc) is 3.03. The number of halogens is 3. The summed E-state index contributed by atoms with van der Waals surface area (Å²) in [6.07, 6.45) is -3.73. The third kappa shape index (κ3) is 4.21. The minimum atomic E-state index is -4.57. The fourth-order valence-corrected chi connectivity index (χ4v) is 2.87. The highest BCUT2D eigenvalue weighted by molar-refractivity contribution is 7.80. The number of hydrogen-bond donors (Lipinski definition) is 2. The molecule has 0 radical (unpaired) electrons. The number of thiocarbonyl (C=S) groups is 1. The highest BCUT2D eigenvalue weighted by Crippen LogP contribution is 2.33. The molecular weight excluding hydrogens is 363 g/mol. The molecule has 5 nitrogen and oxygen atoms in total. The molecule has 138 valence electrons. The van der Waals surface area contributed by atoms with Gasteiger partial charge in [-0.3, -0.25) is 0 Å². The van der Waals surface area contributed by atoms with Crippen molar-refractivity contribution in [2.75, 3.05) is 16.8 Å². The van der Waals surface area contributed by atoms with Gasteiger partial charge in [-0.25, -0.2) is 4.98 Å². The first-order valence-electron chi connectivity index (χ1n) is 8.19. The van der Waals surface area contributed by atoms with Gasteiger partial charge in [0.1, 0.15) is 5.82 Å². The lowest BCUT2D eigenvalue weighted by molar-refractivity contribution is -0.141. The number of nitrogens with one attached hydrogen (secondary N) is 2. The summed E-state index contributed by atoms with van der Waals surface area (Å²) < 4.78 is 39.8. The van der Waals surface area contributed by atoms with Crippen molar-refractivity contribution in [1.29, 1.82) is 0 Å². The number of nitrogens with zero attached hydrogens (tertiary/aromatic N) is 3. The molecule has 0 fully saturated rings. The second-order valence-corrected chi connectivity index (χ2v) is 6.35. The first kappa shape index (κ1) is 18.4. The van der Waals surface area contributed by atoms with Gasteiger partial charge in [0.25, 0.3) is 0 Å². The van der Waals surface area contributed by atoms with E-state index in [1.54, 1.807) is 4.90 Å². The van der Waals surface area contributed by atoms with E-state index in [2.05, 4.69) is 20.6 Å². The van der Waals surface area contributed by atoms with Gasteiger partial charge < -0.3 is 15.5 Å². The molecule has 1 aromatic heterocycles. The topological polar surface area (TPSA) is 53.1 Å². The summed E-state index contributed by atoms with van der Waals surface area (Å²) in [5.41, 5.74) is 1.16. The molecule has 1 aliphatic rings. The van der Waals surface area contributed by atoms with E-state index < -0.39 is 11.9 Å². The fourth-order valence-electron chi connectivity index (χ4n) is 2.68. The van der Waals surface area contributed by atoms with Crippen LogP contribution in [0.1, 0.15) is 30.2 Å². The second-order valence-electron chi connectivity index (χ2n) is 5.94. The van der Waals surface area contributed by atoms with E-state index in [4.69, 9.17) is 12.2 Å². The van der Waals surface area contributed by atoms with Gasteiger partial charge in [-0.1, -0.05) is 31.2 Å². The molecule has 3 rings (SSSR count). The fraction of sp³-hybridized carbons (Fsp3) is 0.353. The molecule has 1 aromatic carbocycles. The first-order chi connectivity index (χ1) is 12.4. The zero-order valence-corrected chi connectivity index (χ0v) is 14.9. The molecule has 1 aliphatic heterocycles. The highest BCUT2D eigenvalue weighted by Gasteiger charge is 2.35. The molecule has 0 bridgehead atoms. The SMILES string of the molecule is CCCNC(=S)Nc1nc(N2Cc3ccccc3C2)cc(C(F)(F)F)n1. The largest absolute Gasteiger partial charge is 0.433 e. The van der Waals surface area contributed by atoms with Crippen molar-refractivity contribution in [3.63, 3.8) is 0 Å². The van der Waals surface area contributed by atoms with Crippen molar-refractivity contribution in [1.82, 2.24) is 15.3 Å². The molecule has 26 heavy (non-hydrogen) atoms. The smallest absolute Gasteiger partial charge is 0.362 e. The Hall–Kier alpha value is -2.42. The van der Waals surface area contributed by atoms with Crippen molar-refractivity contribution < 1.29 is 13.2 Å². The van der Waals surface area contributed by atoms with Crippen LogP contribution in [0.5, 0.6) is 0 Å². The molecule has 2 aromatic rings. The Kier molecular flexibility index (Phi) is 5.26. The number of rotatable bonds is 4. The van der Waals surface area contributed by atoms with Crippen LogP contribution in [-0.2, 0) is 19.3 Å². The summed E-state index contributed by atoms with van der Waals surface area (Å²) >= 11 is 5.08. The van der Waals surface area contributed by atoms with Crippen LogP contribution in [0.4, 0.5) is 24.9 Å². The molecule has 0 spiro atoms.